The molecule has 1 atom stereocenters. The standard InChI is InChI=1S/C14H22NOPS/c1-5-14(6-2)13(17(3,4)16)15-11-9-7-8-10-12(11)18-14/h7-10,13,15H,5-6H2,1-4H3. The second-order valence-corrected chi connectivity index (χ2v) is 10.2. The number of anilines is 1. The number of hydrogen-bond donors (Lipinski definition) is 1. The lowest BCUT2D eigenvalue weighted by atomic mass is 10.0. The predicted molar refractivity (Wildman–Crippen MR) is 82.5 cm³/mol. The van der Waals surface area contributed by atoms with Crippen molar-refractivity contribution < 1.29 is 4.57 Å². The summed E-state index contributed by atoms with van der Waals surface area (Å²) >= 11 is 1.90. The minimum absolute atomic E-state index is 0.0490. The quantitative estimate of drug-likeness (QED) is 0.814. The van der Waals surface area contributed by atoms with Crippen molar-refractivity contribution in [2.75, 3.05) is 18.6 Å². The molecule has 1 aliphatic heterocycles. The van der Waals surface area contributed by atoms with Crippen molar-refractivity contribution >= 4 is 24.6 Å². The molecule has 0 fully saturated rings. The topological polar surface area (TPSA) is 29.1 Å². The van der Waals surface area contributed by atoms with Crippen molar-refractivity contribution in [1.29, 1.82) is 0 Å². The third-order valence-electron chi connectivity index (χ3n) is 3.81. The largest absolute Gasteiger partial charge is 0.373 e. The van der Waals surface area contributed by atoms with E-state index in [1.54, 1.807) is 0 Å². The molecule has 1 N–H and O–H groups in total. The van der Waals surface area contributed by atoms with E-state index in [1.165, 1.54) is 4.90 Å². The summed E-state index contributed by atoms with van der Waals surface area (Å²) in [5.41, 5.74) is 1.13. The monoisotopic (exact) mass is 283 g/mol. The maximum absolute atomic E-state index is 12.6. The van der Waals surface area contributed by atoms with E-state index in [1.807, 2.05) is 31.2 Å². The van der Waals surface area contributed by atoms with E-state index in [-0.39, 0.29) is 10.5 Å². The zero-order valence-corrected chi connectivity index (χ0v) is 13.3. The van der Waals surface area contributed by atoms with Crippen molar-refractivity contribution in [3.05, 3.63) is 24.3 Å². The van der Waals surface area contributed by atoms with Gasteiger partial charge in [0.2, 0.25) is 0 Å². The van der Waals surface area contributed by atoms with Gasteiger partial charge in [-0.05, 0) is 38.3 Å². The number of nitrogens with one attached hydrogen (secondary N) is 1. The molecule has 0 saturated heterocycles. The van der Waals surface area contributed by atoms with E-state index >= 15 is 0 Å². The molecule has 0 amide bonds. The molecule has 0 spiro atoms. The third kappa shape index (κ3) is 2.35. The minimum atomic E-state index is -2.18. The van der Waals surface area contributed by atoms with Gasteiger partial charge in [0.25, 0.3) is 0 Å². The highest BCUT2D eigenvalue weighted by Crippen LogP contribution is 2.59. The van der Waals surface area contributed by atoms with Crippen LogP contribution < -0.4 is 5.32 Å². The Labute approximate surface area is 114 Å². The van der Waals surface area contributed by atoms with Gasteiger partial charge >= 0.3 is 0 Å². The fourth-order valence-corrected chi connectivity index (χ4v) is 6.88. The Morgan fingerprint density at radius 1 is 1.28 bits per heavy atom. The summed E-state index contributed by atoms with van der Waals surface area (Å²) in [6, 6.07) is 8.34. The first kappa shape index (κ1) is 14.0. The second kappa shape index (κ2) is 4.94. The Kier molecular flexibility index (Phi) is 3.85. The molecule has 2 rings (SSSR count). The van der Waals surface area contributed by atoms with Crippen LogP contribution in [0.25, 0.3) is 0 Å². The molecule has 0 aliphatic carbocycles. The van der Waals surface area contributed by atoms with E-state index in [0.29, 0.717) is 0 Å². The van der Waals surface area contributed by atoms with Crippen molar-refractivity contribution in [3.8, 4) is 0 Å². The molecule has 0 radical (unpaired) electrons. The maximum Gasteiger partial charge on any atom is 0.104 e. The lowest BCUT2D eigenvalue weighted by Gasteiger charge is -2.45. The highest BCUT2D eigenvalue weighted by molar-refractivity contribution is 8.01. The molecule has 0 bridgehead atoms. The van der Waals surface area contributed by atoms with Gasteiger partial charge in [0.1, 0.15) is 7.14 Å². The average Bonchev–Trinajstić information content (AvgIpc) is 2.36. The molecule has 2 nitrogen and oxygen atoms in total. The Hall–Kier alpha value is -0.400. The Balaban J connectivity index is 2.49. The zero-order chi connectivity index (χ0) is 13.4. The van der Waals surface area contributed by atoms with Crippen molar-refractivity contribution in [2.45, 2.75) is 42.1 Å². The Morgan fingerprint density at radius 2 is 1.89 bits per heavy atom. The number of rotatable bonds is 3. The van der Waals surface area contributed by atoms with Crippen molar-refractivity contribution in [1.82, 2.24) is 0 Å². The molecule has 4 heteroatoms. The van der Waals surface area contributed by atoms with Gasteiger partial charge in [0.15, 0.2) is 0 Å². The zero-order valence-electron chi connectivity index (χ0n) is 11.6. The first-order chi connectivity index (χ1) is 8.43. The normalized spacial score (nSPS) is 22.1. The van der Waals surface area contributed by atoms with Gasteiger partial charge in [-0.15, -0.1) is 11.8 Å². The average molecular weight is 283 g/mol. The highest BCUT2D eigenvalue weighted by Gasteiger charge is 2.46. The van der Waals surface area contributed by atoms with Gasteiger partial charge < -0.3 is 9.88 Å². The first-order valence-electron chi connectivity index (χ1n) is 6.52. The van der Waals surface area contributed by atoms with Crippen LogP contribution in [-0.2, 0) is 4.57 Å². The number of hydrogen-bond acceptors (Lipinski definition) is 3. The smallest absolute Gasteiger partial charge is 0.104 e. The molecule has 1 aromatic rings. The maximum atomic E-state index is 12.6. The van der Waals surface area contributed by atoms with Crippen LogP contribution in [0, 0.1) is 0 Å². The van der Waals surface area contributed by atoms with Gasteiger partial charge in [0.05, 0.1) is 5.78 Å². The molecule has 1 heterocycles. The summed E-state index contributed by atoms with van der Waals surface area (Å²) in [4.78, 5) is 1.28. The van der Waals surface area contributed by atoms with Crippen LogP contribution in [0.4, 0.5) is 5.69 Å². The summed E-state index contributed by atoms with van der Waals surface area (Å²) < 4.78 is 12.7. The Morgan fingerprint density at radius 3 is 2.44 bits per heavy atom. The van der Waals surface area contributed by atoms with Crippen LogP contribution in [0.2, 0.25) is 0 Å². The summed E-state index contributed by atoms with van der Waals surface area (Å²) in [5, 5.41) is 3.55. The third-order valence-corrected chi connectivity index (χ3v) is 7.65. The molecule has 0 saturated carbocycles. The first-order valence-corrected chi connectivity index (χ1v) is 10.0. The van der Waals surface area contributed by atoms with E-state index in [9.17, 15) is 4.57 Å². The van der Waals surface area contributed by atoms with Crippen LogP contribution in [0.15, 0.2) is 29.2 Å². The van der Waals surface area contributed by atoms with Gasteiger partial charge in [-0.3, -0.25) is 0 Å². The number of fused-ring (bicyclic) bond motifs is 1. The molecular weight excluding hydrogens is 261 g/mol. The lowest BCUT2D eigenvalue weighted by Crippen LogP contribution is -2.45. The minimum Gasteiger partial charge on any atom is -0.373 e. The van der Waals surface area contributed by atoms with Crippen molar-refractivity contribution in [3.63, 3.8) is 0 Å². The summed E-state index contributed by atoms with van der Waals surface area (Å²) in [7, 11) is -2.18. The van der Waals surface area contributed by atoms with Crippen LogP contribution in [0.1, 0.15) is 26.7 Å². The van der Waals surface area contributed by atoms with E-state index < -0.39 is 7.14 Å². The van der Waals surface area contributed by atoms with Gasteiger partial charge in [-0.1, -0.05) is 26.0 Å². The molecule has 1 unspecified atom stereocenters. The molecule has 18 heavy (non-hydrogen) atoms. The van der Waals surface area contributed by atoms with Gasteiger partial charge in [-0.25, -0.2) is 0 Å². The summed E-state index contributed by atoms with van der Waals surface area (Å²) in [6.07, 6.45) is 2.07. The van der Waals surface area contributed by atoms with Gasteiger partial charge in [0, 0.05) is 15.3 Å². The van der Waals surface area contributed by atoms with Gasteiger partial charge in [-0.2, -0.15) is 0 Å². The van der Waals surface area contributed by atoms with Crippen LogP contribution in [0.3, 0.4) is 0 Å². The molecule has 100 valence electrons. The van der Waals surface area contributed by atoms with E-state index in [4.69, 9.17) is 0 Å². The number of thioether (sulfide) groups is 1. The molecule has 1 aromatic carbocycles. The summed E-state index contributed by atoms with van der Waals surface area (Å²) in [6.45, 7) is 8.21. The number of para-hydroxylation sites is 1. The fourth-order valence-electron chi connectivity index (χ4n) is 2.73. The molecular formula is C14H22NOPS. The predicted octanol–water partition coefficient (Wildman–Crippen LogP) is 4.71. The number of benzene rings is 1. The fraction of sp³-hybridized carbons (Fsp3) is 0.571. The van der Waals surface area contributed by atoms with E-state index in [2.05, 4.69) is 37.4 Å². The van der Waals surface area contributed by atoms with E-state index in [0.717, 1.165) is 18.5 Å². The Bertz CT molecular complexity index is 478. The highest BCUT2D eigenvalue weighted by atomic mass is 32.2. The van der Waals surface area contributed by atoms with Crippen LogP contribution >= 0.6 is 18.9 Å². The molecule has 0 aromatic heterocycles. The van der Waals surface area contributed by atoms with Crippen molar-refractivity contribution in [2.24, 2.45) is 0 Å². The molecule has 1 aliphatic rings. The van der Waals surface area contributed by atoms with Crippen LogP contribution in [0.5, 0.6) is 0 Å². The second-order valence-electron chi connectivity index (χ2n) is 5.35. The van der Waals surface area contributed by atoms with Crippen LogP contribution in [-0.4, -0.2) is 23.9 Å². The SMILES string of the molecule is CCC1(CC)Sc2ccccc2NC1P(C)(C)=O. The summed E-state index contributed by atoms with van der Waals surface area (Å²) in [5.74, 6) is 0.0694. The lowest BCUT2D eigenvalue weighted by molar-refractivity contribution is 0.508.